The molecular formula is C16H20N2O5. The molecule has 23 heavy (non-hydrogen) atoms. The van der Waals surface area contributed by atoms with Crippen molar-refractivity contribution in [2.24, 2.45) is 11.8 Å². The molecule has 0 radical (unpaired) electrons. The average molecular weight is 320 g/mol. The molecule has 0 spiro atoms. The van der Waals surface area contributed by atoms with Gasteiger partial charge in [0.1, 0.15) is 0 Å². The van der Waals surface area contributed by atoms with E-state index in [0.717, 1.165) is 11.3 Å². The smallest absolute Gasteiger partial charge is 0.231 e. The number of hydrogen-bond acceptors (Lipinski definition) is 5. The lowest BCUT2D eigenvalue weighted by Crippen LogP contribution is -2.31. The number of benzene rings is 1. The Labute approximate surface area is 134 Å². The van der Waals surface area contributed by atoms with Gasteiger partial charge in [0.25, 0.3) is 0 Å². The summed E-state index contributed by atoms with van der Waals surface area (Å²) >= 11 is 0. The molecule has 1 aromatic carbocycles. The van der Waals surface area contributed by atoms with Crippen LogP contribution in [0.4, 0.5) is 0 Å². The van der Waals surface area contributed by atoms with E-state index < -0.39 is 0 Å². The SMILES string of the molecule is COCCNC(=O)C1CC1C(=O)NCc1ccc2c(c1)OCO2. The van der Waals surface area contributed by atoms with Crippen LogP contribution in [0.5, 0.6) is 11.5 Å². The lowest BCUT2D eigenvalue weighted by atomic mass is 10.2. The van der Waals surface area contributed by atoms with Gasteiger partial charge in [-0.3, -0.25) is 9.59 Å². The zero-order valence-electron chi connectivity index (χ0n) is 13.0. The first-order chi connectivity index (χ1) is 11.2. The Balaban J connectivity index is 1.43. The van der Waals surface area contributed by atoms with Crippen molar-refractivity contribution in [1.82, 2.24) is 10.6 Å². The molecule has 7 heteroatoms. The Bertz CT molecular complexity index is 604. The molecule has 2 amide bonds. The molecule has 0 saturated heterocycles. The van der Waals surface area contributed by atoms with Crippen LogP contribution in [-0.2, 0) is 20.9 Å². The van der Waals surface area contributed by atoms with Gasteiger partial charge in [-0.2, -0.15) is 0 Å². The maximum atomic E-state index is 12.1. The molecule has 1 aliphatic carbocycles. The third-order valence-corrected chi connectivity index (χ3v) is 3.97. The predicted octanol–water partition coefficient (Wildman–Crippen LogP) is 0.430. The number of rotatable bonds is 7. The minimum absolute atomic E-state index is 0.0784. The number of fused-ring (bicyclic) bond motifs is 1. The first-order valence-electron chi connectivity index (χ1n) is 7.62. The number of carbonyl (C=O) groups is 2. The van der Waals surface area contributed by atoms with Crippen LogP contribution >= 0.6 is 0 Å². The van der Waals surface area contributed by atoms with Crippen molar-refractivity contribution in [3.05, 3.63) is 23.8 Å². The van der Waals surface area contributed by atoms with Crippen molar-refractivity contribution < 1.29 is 23.8 Å². The Kier molecular flexibility index (Phi) is 4.66. The van der Waals surface area contributed by atoms with Gasteiger partial charge in [0.2, 0.25) is 18.6 Å². The maximum absolute atomic E-state index is 12.1. The van der Waals surface area contributed by atoms with E-state index in [1.807, 2.05) is 18.2 Å². The number of ether oxygens (including phenoxy) is 3. The van der Waals surface area contributed by atoms with Gasteiger partial charge < -0.3 is 24.8 Å². The predicted molar refractivity (Wildman–Crippen MR) is 80.9 cm³/mol. The number of carbonyl (C=O) groups excluding carboxylic acids is 2. The molecule has 1 aromatic rings. The van der Waals surface area contributed by atoms with E-state index >= 15 is 0 Å². The van der Waals surface area contributed by atoms with E-state index in [4.69, 9.17) is 14.2 Å². The van der Waals surface area contributed by atoms with Gasteiger partial charge in [0, 0.05) is 20.2 Å². The van der Waals surface area contributed by atoms with E-state index in [-0.39, 0.29) is 30.4 Å². The summed E-state index contributed by atoms with van der Waals surface area (Å²) < 4.78 is 15.4. The first kappa shape index (κ1) is 15.6. The Morgan fingerprint density at radius 2 is 1.91 bits per heavy atom. The van der Waals surface area contributed by atoms with Crippen LogP contribution in [0.3, 0.4) is 0 Å². The van der Waals surface area contributed by atoms with Gasteiger partial charge in [0.05, 0.1) is 18.4 Å². The highest BCUT2D eigenvalue weighted by Crippen LogP contribution is 2.39. The molecule has 2 unspecified atom stereocenters. The lowest BCUT2D eigenvalue weighted by molar-refractivity contribution is -0.127. The molecule has 7 nitrogen and oxygen atoms in total. The van der Waals surface area contributed by atoms with Gasteiger partial charge in [-0.15, -0.1) is 0 Å². The van der Waals surface area contributed by atoms with Crippen molar-refractivity contribution in [2.45, 2.75) is 13.0 Å². The summed E-state index contributed by atoms with van der Waals surface area (Å²) in [6, 6.07) is 5.56. The number of methoxy groups -OCH3 is 1. The normalized spacial score (nSPS) is 20.9. The number of nitrogens with one attached hydrogen (secondary N) is 2. The van der Waals surface area contributed by atoms with Crippen LogP contribution in [0.2, 0.25) is 0 Å². The standard InChI is InChI=1S/C16H20N2O5/c1-21-5-4-17-15(19)11-7-12(11)16(20)18-8-10-2-3-13-14(6-10)23-9-22-13/h2-3,6,11-12H,4-5,7-9H2,1H3,(H,17,19)(H,18,20). The Morgan fingerprint density at radius 1 is 1.17 bits per heavy atom. The average Bonchev–Trinajstić information content (AvgIpc) is 3.23. The molecule has 2 atom stereocenters. The summed E-state index contributed by atoms with van der Waals surface area (Å²) in [6.45, 7) is 1.58. The first-order valence-corrected chi connectivity index (χ1v) is 7.62. The van der Waals surface area contributed by atoms with Crippen LogP contribution in [-0.4, -0.2) is 38.9 Å². The van der Waals surface area contributed by atoms with Crippen LogP contribution in [0.15, 0.2) is 18.2 Å². The topological polar surface area (TPSA) is 85.9 Å². The molecule has 0 aromatic heterocycles. The molecule has 0 bridgehead atoms. The molecular weight excluding hydrogens is 300 g/mol. The van der Waals surface area contributed by atoms with Crippen molar-refractivity contribution in [2.75, 3.05) is 27.1 Å². The van der Waals surface area contributed by atoms with Crippen molar-refractivity contribution >= 4 is 11.8 Å². The number of amides is 2. The molecule has 1 fully saturated rings. The molecule has 2 aliphatic rings. The van der Waals surface area contributed by atoms with Crippen LogP contribution < -0.4 is 20.1 Å². The molecule has 2 N–H and O–H groups in total. The van der Waals surface area contributed by atoms with Gasteiger partial charge in [-0.05, 0) is 24.1 Å². The second-order valence-corrected chi connectivity index (χ2v) is 5.64. The summed E-state index contributed by atoms with van der Waals surface area (Å²) in [7, 11) is 1.58. The second-order valence-electron chi connectivity index (χ2n) is 5.64. The van der Waals surface area contributed by atoms with Gasteiger partial charge >= 0.3 is 0 Å². The highest BCUT2D eigenvalue weighted by Gasteiger charge is 2.47. The van der Waals surface area contributed by atoms with Crippen LogP contribution in [0, 0.1) is 11.8 Å². The largest absolute Gasteiger partial charge is 0.454 e. The fraction of sp³-hybridized carbons (Fsp3) is 0.500. The van der Waals surface area contributed by atoms with Crippen molar-refractivity contribution in [1.29, 1.82) is 0 Å². The maximum Gasteiger partial charge on any atom is 0.231 e. The summed E-state index contributed by atoms with van der Waals surface area (Å²) in [4.78, 5) is 23.9. The third kappa shape index (κ3) is 3.73. The quantitative estimate of drug-likeness (QED) is 0.712. The lowest BCUT2D eigenvalue weighted by Gasteiger charge is -2.07. The summed E-state index contributed by atoms with van der Waals surface area (Å²) in [6.07, 6.45) is 0.603. The zero-order chi connectivity index (χ0) is 16.2. The highest BCUT2D eigenvalue weighted by molar-refractivity contribution is 5.92. The van der Waals surface area contributed by atoms with Gasteiger partial charge in [-0.25, -0.2) is 0 Å². The van der Waals surface area contributed by atoms with E-state index in [1.165, 1.54) is 0 Å². The Morgan fingerprint density at radius 3 is 2.70 bits per heavy atom. The highest BCUT2D eigenvalue weighted by atomic mass is 16.7. The minimum atomic E-state index is -0.230. The second kappa shape index (κ2) is 6.87. The van der Waals surface area contributed by atoms with Crippen molar-refractivity contribution in [3.63, 3.8) is 0 Å². The summed E-state index contributed by atoms with van der Waals surface area (Å²) in [5.41, 5.74) is 0.935. The summed E-state index contributed by atoms with van der Waals surface area (Å²) in [5.74, 6) is 0.795. The van der Waals surface area contributed by atoms with E-state index in [2.05, 4.69) is 10.6 Å². The summed E-state index contributed by atoms with van der Waals surface area (Å²) in [5, 5.41) is 5.62. The molecule has 3 rings (SSSR count). The molecule has 1 saturated carbocycles. The van der Waals surface area contributed by atoms with Gasteiger partial charge in [0.15, 0.2) is 11.5 Å². The Hall–Kier alpha value is -2.28. The minimum Gasteiger partial charge on any atom is -0.454 e. The molecule has 1 aliphatic heterocycles. The molecule has 1 heterocycles. The van der Waals surface area contributed by atoms with E-state index in [0.29, 0.717) is 31.9 Å². The molecule has 124 valence electrons. The van der Waals surface area contributed by atoms with Crippen molar-refractivity contribution in [3.8, 4) is 11.5 Å². The number of hydrogen-bond donors (Lipinski definition) is 2. The van der Waals surface area contributed by atoms with Gasteiger partial charge in [-0.1, -0.05) is 6.07 Å². The van der Waals surface area contributed by atoms with Crippen LogP contribution in [0.1, 0.15) is 12.0 Å². The monoisotopic (exact) mass is 320 g/mol. The fourth-order valence-electron chi connectivity index (χ4n) is 2.55. The van der Waals surface area contributed by atoms with E-state index in [9.17, 15) is 9.59 Å². The van der Waals surface area contributed by atoms with E-state index in [1.54, 1.807) is 7.11 Å². The third-order valence-electron chi connectivity index (χ3n) is 3.97. The van der Waals surface area contributed by atoms with Crippen LogP contribution in [0.25, 0.3) is 0 Å². The zero-order valence-corrected chi connectivity index (χ0v) is 13.0. The fourth-order valence-corrected chi connectivity index (χ4v) is 2.55.